The number of para-hydroxylation sites is 2. The third-order valence-electron chi connectivity index (χ3n) is 5.71. The van der Waals surface area contributed by atoms with Crippen molar-refractivity contribution < 1.29 is 30.0 Å². The van der Waals surface area contributed by atoms with E-state index in [0.29, 0.717) is 5.92 Å². The number of aliphatic hydroxyl groups is 1. The van der Waals surface area contributed by atoms with Gasteiger partial charge in [0.15, 0.2) is 5.78 Å². The number of aromatic nitrogens is 2. The number of carbonyl (C=O) groups excluding carboxylic acids is 1. The first kappa shape index (κ1) is 30.7. The van der Waals surface area contributed by atoms with E-state index in [1.54, 1.807) is 0 Å². The van der Waals surface area contributed by atoms with Crippen LogP contribution in [0.3, 0.4) is 0 Å². The summed E-state index contributed by atoms with van der Waals surface area (Å²) in [5.74, 6) is 0.651. The molecule has 3 aromatic rings. The summed E-state index contributed by atoms with van der Waals surface area (Å²) in [6.07, 6.45) is 4.31. The number of rotatable bonds is 4. The Kier molecular flexibility index (Phi) is 11.0. The molecule has 0 fully saturated rings. The maximum atomic E-state index is 11.5. The van der Waals surface area contributed by atoms with E-state index < -0.39 is 5.41 Å². The van der Waals surface area contributed by atoms with Gasteiger partial charge in [0.1, 0.15) is 5.76 Å². The molecule has 1 unspecified atom stereocenters. The summed E-state index contributed by atoms with van der Waals surface area (Å²) in [7, 11) is 0. The smallest absolute Gasteiger partial charge is 0.164 e. The number of nitrogens with zero attached hydrogens (tertiary/aromatic N) is 2. The second kappa shape index (κ2) is 12.6. The molecule has 0 amide bonds. The monoisotopic (exact) mass is 652 g/mol. The van der Waals surface area contributed by atoms with Crippen molar-refractivity contribution in [3.05, 3.63) is 71.6 Å². The Bertz CT molecular complexity index is 1170. The van der Waals surface area contributed by atoms with Crippen molar-refractivity contribution in [2.24, 2.45) is 10.8 Å². The van der Waals surface area contributed by atoms with Crippen molar-refractivity contribution in [2.75, 3.05) is 0 Å². The Morgan fingerprint density at radius 3 is 2.20 bits per heavy atom. The van der Waals surface area contributed by atoms with Crippen LogP contribution in [-0.4, -0.2) is 20.9 Å². The van der Waals surface area contributed by atoms with Gasteiger partial charge in [0.2, 0.25) is 0 Å². The van der Waals surface area contributed by atoms with Crippen molar-refractivity contribution in [3.63, 3.8) is 0 Å². The van der Waals surface area contributed by atoms with Crippen molar-refractivity contribution in [2.45, 2.75) is 74.7 Å². The Balaban J connectivity index is 0.000000383. The number of allylic oxidation sites excluding steroid dienone is 2. The molecule has 1 heterocycles. The van der Waals surface area contributed by atoms with Crippen LogP contribution in [0.5, 0.6) is 0 Å². The van der Waals surface area contributed by atoms with E-state index in [1.807, 2.05) is 72.0 Å². The van der Waals surface area contributed by atoms with Crippen molar-refractivity contribution in [3.8, 4) is 11.3 Å². The fraction of sp³-hybridized carbons (Fsp3) is 0.433. The number of ketones is 1. The van der Waals surface area contributed by atoms with Crippen LogP contribution in [0.1, 0.15) is 78.9 Å². The van der Waals surface area contributed by atoms with E-state index >= 15 is 0 Å². The van der Waals surface area contributed by atoms with Crippen LogP contribution in [0, 0.1) is 23.8 Å². The van der Waals surface area contributed by atoms with E-state index in [0.717, 1.165) is 34.3 Å². The molecule has 0 spiro atoms. The maximum absolute atomic E-state index is 11.5. The normalized spacial score (nSPS) is 12.9. The zero-order chi connectivity index (χ0) is 25.7. The topological polar surface area (TPSA) is 63.1 Å². The molecule has 4 nitrogen and oxygen atoms in total. The van der Waals surface area contributed by atoms with Gasteiger partial charge in [0, 0.05) is 48.9 Å². The van der Waals surface area contributed by atoms with Gasteiger partial charge in [-0.2, -0.15) is 0 Å². The third-order valence-corrected chi connectivity index (χ3v) is 5.71. The molecule has 1 atom stereocenters. The van der Waals surface area contributed by atoms with Crippen molar-refractivity contribution in [1.29, 1.82) is 0 Å². The summed E-state index contributed by atoms with van der Waals surface area (Å²) in [4.78, 5) is 20.7. The minimum Gasteiger partial charge on any atom is -0.512 e. The van der Waals surface area contributed by atoms with Crippen LogP contribution in [0.25, 0.3) is 22.3 Å². The molecule has 35 heavy (non-hydrogen) atoms. The maximum Gasteiger partial charge on any atom is 0.164 e. The first-order chi connectivity index (χ1) is 15.7. The average Bonchev–Trinajstić information content (AvgIpc) is 2.76. The number of fused-ring (bicyclic) bond motifs is 1. The molecule has 2 aromatic carbocycles. The first-order valence-electron chi connectivity index (χ1n) is 11.9. The van der Waals surface area contributed by atoms with Crippen LogP contribution in [0.15, 0.2) is 54.4 Å². The second-order valence-electron chi connectivity index (χ2n) is 11.0. The summed E-state index contributed by atoms with van der Waals surface area (Å²) in [5.41, 5.74) is 5.51. The van der Waals surface area contributed by atoms with Crippen molar-refractivity contribution in [1.82, 2.24) is 9.97 Å². The van der Waals surface area contributed by atoms with Gasteiger partial charge in [-0.25, -0.2) is 0 Å². The van der Waals surface area contributed by atoms with Crippen LogP contribution >= 0.6 is 0 Å². The largest absolute Gasteiger partial charge is 0.512 e. The van der Waals surface area contributed by atoms with Crippen LogP contribution in [0.4, 0.5) is 0 Å². The van der Waals surface area contributed by atoms with E-state index in [4.69, 9.17) is 4.98 Å². The van der Waals surface area contributed by atoms with E-state index in [2.05, 4.69) is 44.0 Å². The van der Waals surface area contributed by atoms with Gasteiger partial charge in [0.25, 0.3) is 0 Å². The molecule has 0 aliphatic rings. The Hall–Kier alpha value is -2.36. The summed E-state index contributed by atoms with van der Waals surface area (Å²) in [5, 5.41) is 9.56. The second-order valence-corrected chi connectivity index (χ2v) is 11.0. The van der Waals surface area contributed by atoms with Crippen LogP contribution in [0.2, 0.25) is 0 Å². The minimum atomic E-state index is -0.417. The van der Waals surface area contributed by atoms with Gasteiger partial charge in [-0.05, 0) is 18.1 Å². The number of hydrogen-bond donors (Lipinski definition) is 1. The van der Waals surface area contributed by atoms with Crippen LogP contribution in [-0.2, 0) is 24.9 Å². The van der Waals surface area contributed by atoms with Gasteiger partial charge < -0.3 is 5.11 Å². The third kappa shape index (κ3) is 8.98. The van der Waals surface area contributed by atoms with Crippen LogP contribution < -0.4 is 0 Å². The molecular formula is C30H39IrN2O2-. The Labute approximate surface area is 224 Å². The first-order valence-corrected chi connectivity index (χ1v) is 11.9. The predicted octanol–water partition coefficient (Wildman–Crippen LogP) is 8.01. The zero-order valence-electron chi connectivity index (χ0n) is 22.5. The molecule has 3 rings (SSSR count). The van der Waals surface area contributed by atoms with Gasteiger partial charge in [0.05, 0.1) is 11.0 Å². The summed E-state index contributed by atoms with van der Waals surface area (Å²) >= 11 is 0. The summed E-state index contributed by atoms with van der Waals surface area (Å²) < 4.78 is 0. The zero-order valence-corrected chi connectivity index (χ0v) is 24.9. The summed E-state index contributed by atoms with van der Waals surface area (Å²) in [6, 6.07) is 15.8. The fourth-order valence-corrected chi connectivity index (χ4v) is 3.05. The molecule has 0 bridgehead atoms. The molecule has 5 heteroatoms. The number of aliphatic hydroxyl groups excluding tert-OH is 1. The average molecular weight is 652 g/mol. The molecule has 191 valence electrons. The number of carbonyl (C=O) groups is 1. The number of aryl methyl sites for hydroxylation is 1. The van der Waals surface area contributed by atoms with E-state index in [-0.39, 0.29) is 37.1 Å². The molecule has 1 radical (unpaired) electrons. The molecule has 0 aliphatic carbocycles. The number of benzene rings is 2. The van der Waals surface area contributed by atoms with Gasteiger partial charge in [-0.3, -0.25) is 14.8 Å². The Morgan fingerprint density at radius 2 is 1.66 bits per heavy atom. The van der Waals surface area contributed by atoms with E-state index in [9.17, 15) is 9.90 Å². The number of hydrogen-bond acceptors (Lipinski definition) is 4. The van der Waals surface area contributed by atoms with Gasteiger partial charge in [-0.15, -0.1) is 34.9 Å². The fourth-order valence-electron chi connectivity index (χ4n) is 3.05. The van der Waals surface area contributed by atoms with E-state index in [1.165, 1.54) is 11.6 Å². The van der Waals surface area contributed by atoms with Gasteiger partial charge in [-0.1, -0.05) is 80.9 Å². The molecular weight excluding hydrogens is 613 g/mol. The SMILES string of the molecule is CC(C)(C)C(=O)/C=C(\O)C(C)(C)C.CCC(C)c1cc(C)[c-]c(-c2cnc3ccccc3n2)c1.[Ir]. The standard InChI is InChI=1S/C19H19N2.C11H20O2.Ir/c1-4-14(3)15-9-13(2)10-16(11-15)19-12-20-17-7-5-6-8-18(17)21-19;1-10(2,3)8(12)7-9(13)11(4,5)6;/h5-9,11-12,14H,4H2,1-3H3;7,12H,1-6H3;/q-1;;/b;8-7-;. The predicted molar refractivity (Wildman–Crippen MR) is 142 cm³/mol. The van der Waals surface area contributed by atoms with Crippen molar-refractivity contribution >= 4 is 16.8 Å². The quantitative estimate of drug-likeness (QED) is 0.176. The summed E-state index contributed by atoms with van der Waals surface area (Å²) in [6.45, 7) is 17.7. The van der Waals surface area contributed by atoms with Gasteiger partial charge >= 0.3 is 0 Å². The molecule has 0 saturated carbocycles. The minimum absolute atomic E-state index is 0. The molecule has 0 saturated heterocycles. The molecule has 1 aromatic heterocycles. The molecule has 1 N–H and O–H groups in total. The molecule has 0 aliphatic heterocycles. The Morgan fingerprint density at radius 1 is 1.06 bits per heavy atom.